The number of fused-ring (bicyclic) bond motifs is 9. The van der Waals surface area contributed by atoms with Gasteiger partial charge in [-0.3, -0.25) is 19.9 Å². The molecule has 20 heteroatoms. The van der Waals surface area contributed by atoms with Gasteiger partial charge >= 0.3 is 0 Å². The minimum Gasteiger partial charge on any atom is -0.393 e. The molecule has 0 amide bonds. The largest absolute Gasteiger partial charge is 0.393 e. The van der Waals surface area contributed by atoms with Crippen molar-refractivity contribution in [3.8, 4) is 101 Å². The van der Waals surface area contributed by atoms with Crippen LogP contribution in [0.25, 0.3) is 165 Å². The van der Waals surface area contributed by atoms with Gasteiger partial charge in [0.1, 0.15) is 0 Å². The van der Waals surface area contributed by atoms with E-state index in [1.165, 1.54) is 110 Å². The molecule has 756 valence electrons. The van der Waals surface area contributed by atoms with Crippen LogP contribution in [0.15, 0.2) is 304 Å². The van der Waals surface area contributed by atoms with Crippen LogP contribution in [-0.4, -0.2) is 130 Å². The standard InChI is InChI=1S/C31H25N2.2C26H19N2.C22H17N2.4C5H12O2.4Ir/c1-19-18-32-30(20(2)33-19)27-13-8-11-23-22(10-7-12-24(23)27)21-15-16-26-25-9-5-6-14-28(25)31(3,4)29(26)17-21;1-17-16-27-26(18(2)28-17)25-12-6-9-20-15-21(13-14-24(20)25)23-11-5-8-19-7-3-4-10-22(19)23;1-17-16-27-26(18(2)28-17)25-12-6-10-23-22(9-5-11-24(23)25)21-14-13-19-7-3-4-8-20(19)15-21;1-15-14-23-22(16(2)24-15)21-10-6-9-19-13-18(11-12-20(19)21)17-7-4-3-5-8-17;4*1-4(6)3-5(2)7;;;;/h5-12,14-18H,1-4H3;2*3-11,13-16H,1-2H3;3-9,11-14H,1-2H3;4*4-7H,3H2,1-2H3;;;;/q4*-1;;;;;;;;. The first-order valence-electron chi connectivity index (χ1n) is 48.3. The summed E-state index contributed by atoms with van der Waals surface area (Å²) in [5.74, 6) is 0. The van der Waals surface area contributed by atoms with Gasteiger partial charge in [-0.15, -0.1) is 106 Å². The summed E-state index contributed by atoms with van der Waals surface area (Å²) in [5, 5.41) is 82.9. The number of nitrogens with zero attached hydrogens (tertiary/aromatic N) is 8. The van der Waals surface area contributed by atoms with Crippen LogP contribution in [0.4, 0.5) is 0 Å². The van der Waals surface area contributed by atoms with E-state index in [9.17, 15) is 0 Å². The number of hydrogen-bond acceptors (Lipinski definition) is 16. The van der Waals surface area contributed by atoms with Crippen molar-refractivity contribution < 1.29 is 121 Å². The molecule has 0 saturated carbocycles. The van der Waals surface area contributed by atoms with Crippen LogP contribution in [0, 0.1) is 79.7 Å². The van der Waals surface area contributed by atoms with Gasteiger partial charge in [0.15, 0.2) is 0 Å². The number of benzene rings is 15. The number of aryl methyl sites for hydroxylation is 8. The molecule has 0 saturated heterocycles. The van der Waals surface area contributed by atoms with E-state index in [4.69, 9.17) is 45.8 Å². The summed E-state index contributed by atoms with van der Waals surface area (Å²) < 4.78 is 0. The van der Waals surface area contributed by atoms with Gasteiger partial charge in [0.2, 0.25) is 0 Å². The van der Waals surface area contributed by atoms with Crippen molar-refractivity contribution >= 4 is 64.6 Å². The van der Waals surface area contributed by atoms with E-state index in [1.54, 1.807) is 55.4 Å². The number of hydrogen-bond donors (Lipinski definition) is 8. The molecule has 8 unspecified atom stereocenters. The van der Waals surface area contributed by atoms with Gasteiger partial charge in [-0.2, -0.15) is 0 Å². The normalized spacial score (nSPS) is 12.9. The summed E-state index contributed by atoms with van der Waals surface area (Å²) in [6.07, 6.45) is 6.17. The summed E-state index contributed by atoms with van der Waals surface area (Å²) in [7, 11) is 0. The zero-order valence-electron chi connectivity index (χ0n) is 85.3. The van der Waals surface area contributed by atoms with Crippen LogP contribution in [0.1, 0.15) is 152 Å². The summed E-state index contributed by atoms with van der Waals surface area (Å²) in [6, 6.07) is 112. The van der Waals surface area contributed by atoms with E-state index in [0.29, 0.717) is 25.7 Å². The fourth-order valence-corrected chi connectivity index (χ4v) is 18.3. The van der Waals surface area contributed by atoms with Gasteiger partial charge < -0.3 is 60.8 Å². The first-order chi connectivity index (χ1) is 67.6. The molecule has 0 aliphatic heterocycles. The summed E-state index contributed by atoms with van der Waals surface area (Å²) >= 11 is 0. The fraction of sp³-hybridized carbons (Fsp3) is 0.248. The van der Waals surface area contributed by atoms with Crippen LogP contribution in [-0.2, 0) is 85.8 Å². The third-order valence-corrected chi connectivity index (χ3v) is 24.4. The molecule has 0 fully saturated rings. The molecule has 8 atom stereocenters. The van der Waals surface area contributed by atoms with Crippen LogP contribution < -0.4 is 0 Å². The predicted molar refractivity (Wildman–Crippen MR) is 579 cm³/mol. The molecule has 0 bridgehead atoms. The van der Waals surface area contributed by atoms with E-state index in [-0.39, 0.29) is 135 Å². The van der Waals surface area contributed by atoms with Crippen LogP contribution >= 0.6 is 0 Å². The SMILES string of the molecule is CC(O)CC(C)O.CC(O)CC(C)O.CC(O)CC(C)O.CC(O)CC(C)O.Cc1cnc(-c2[c-]ccc3c(-c4ccc5c(c4)C(C)(C)c4ccccc4-5)cccc23)c(C)n1.Cc1cnc(-c2[c-]ccc3c(-c4ccc5ccccc5c4)cccc23)c(C)n1.Cc1cnc(-c2[c-]ccc3cc(-c4cccc5ccccc45)ccc23)c(C)n1.Cc1cnc(-c2[c-]ccc3cc(-c4ccccc4)ccc23)c(C)n1.[Ir].[Ir].[Ir].[Ir]. The molecule has 19 aromatic rings. The summed E-state index contributed by atoms with van der Waals surface area (Å²) in [5.41, 5.74) is 30.4. The minimum atomic E-state index is -0.375. The van der Waals surface area contributed by atoms with Crippen molar-refractivity contribution in [2.75, 3.05) is 0 Å². The second kappa shape index (κ2) is 54.8. The van der Waals surface area contributed by atoms with E-state index in [2.05, 4.69) is 322 Å². The molecule has 1 aliphatic rings. The van der Waals surface area contributed by atoms with E-state index >= 15 is 0 Å². The van der Waals surface area contributed by atoms with Crippen molar-refractivity contribution in [2.45, 2.75) is 205 Å². The van der Waals surface area contributed by atoms with Crippen molar-refractivity contribution in [1.82, 2.24) is 39.9 Å². The first-order valence-corrected chi connectivity index (χ1v) is 48.3. The molecule has 4 heterocycles. The molecule has 8 N–H and O–H groups in total. The Morgan fingerprint density at radius 1 is 0.234 bits per heavy atom. The Hall–Kier alpha value is -11.5. The average Bonchev–Trinajstić information content (AvgIpc) is 1.58. The Labute approximate surface area is 908 Å². The molecule has 4 radical (unpaired) electrons. The Morgan fingerprint density at radius 2 is 0.531 bits per heavy atom. The first kappa shape index (κ1) is 117. The number of aliphatic hydroxyl groups is 8. The van der Waals surface area contributed by atoms with Gasteiger partial charge in [0, 0.05) is 156 Å². The molecular formula is C125H128Ir4N8O8-4. The van der Waals surface area contributed by atoms with E-state index in [1.807, 2.05) is 111 Å². The summed E-state index contributed by atoms with van der Waals surface area (Å²) in [6.45, 7) is 33.8. The van der Waals surface area contributed by atoms with Crippen molar-refractivity contribution in [3.05, 3.63) is 385 Å². The molecule has 20 rings (SSSR count). The second-order valence-corrected chi connectivity index (χ2v) is 37.5. The molecule has 1 aliphatic carbocycles. The minimum absolute atomic E-state index is 0. The van der Waals surface area contributed by atoms with Crippen molar-refractivity contribution in [2.24, 2.45) is 0 Å². The second-order valence-electron chi connectivity index (χ2n) is 37.5. The number of rotatable bonds is 16. The molecular weight excluding hydrogens is 2510 g/mol. The molecule has 4 aromatic heterocycles. The molecule has 15 aromatic carbocycles. The third-order valence-electron chi connectivity index (χ3n) is 24.4. The maximum absolute atomic E-state index is 8.56. The average molecular weight is 2640 g/mol. The quantitative estimate of drug-likeness (QED) is 0.0418. The van der Waals surface area contributed by atoms with Crippen molar-refractivity contribution in [1.29, 1.82) is 0 Å². The van der Waals surface area contributed by atoms with Crippen LogP contribution in [0.3, 0.4) is 0 Å². The molecule has 16 nitrogen and oxygen atoms in total. The van der Waals surface area contributed by atoms with Gasteiger partial charge in [-0.1, -0.05) is 265 Å². The maximum Gasteiger partial charge on any atom is 0.0539 e. The smallest absolute Gasteiger partial charge is 0.0539 e. The third kappa shape index (κ3) is 30.6. The fourth-order valence-electron chi connectivity index (χ4n) is 18.3. The monoisotopic (exact) mass is 2640 g/mol. The maximum atomic E-state index is 8.56. The Kier molecular flexibility index (Phi) is 44.2. The van der Waals surface area contributed by atoms with Gasteiger partial charge in [0.25, 0.3) is 0 Å². The van der Waals surface area contributed by atoms with Gasteiger partial charge in [-0.05, 0) is 237 Å². The van der Waals surface area contributed by atoms with Crippen molar-refractivity contribution in [3.63, 3.8) is 0 Å². The predicted octanol–water partition coefficient (Wildman–Crippen LogP) is 26.7. The Bertz CT molecular complexity index is 7440. The topological polar surface area (TPSA) is 265 Å². The van der Waals surface area contributed by atoms with Crippen LogP contribution in [0.2, 0.25) is 0 Å². The van der Waals surface area contributed by atoms with Gasteiger partial charge in [0.05, 0.1) is 71.6 Å². The Balaban J connectivity index is 0.000000196. The van der Waals surface area contributed by atoms with Gasteiger partial charge in [-0.25, -0.2) is 0 Å². The van der Waals surface area contributed by atoms with E-state index < -0.39 is 0 Å². The number of aliphatic hydroxyl groups excluding tert-OH is 8. The van der Waals surface area contributed by atoms with E-state index in [0.717, 1.165) is 112 Å². The summed E-state index contributed by atoms with van der Waals surface area (Å²) in [4.78, 5) is 36.9. The zero-order valence-corrected chi connectivity index (χ0v) is 94.9. The zero-order chi connectivity index (χ0) is 101. The Morgan fingerprint density at radius 3 is 0.945 bits per heavy atom. The number of aromatic nitrogens is 8. The van der Waals surface area contributed by atoms with Crippen LogP contribution in [0.5, 0.6) is 0 Å². The molecule has 145 heavy (non-hydrogen) atoms. The molecule has 0 spiro atoms.